The summed E-state index contributed by atoms with van der Waals surface area (Å²) < 4.78 is 1.54. The SMILES string of the molecule is CC(=O)N=Cc1c(C)[nH]n(-c2ccc(C34CC5CC(CC(C5)C3)C4)cc2)c1=O. The molecule has 1 aromatic heterocycles. The molecule has 4 aliphatic rings. The summed E-state index contributed by atoms with van der Waals surface area (Å²) in [6.07, 6.45) is 9.71. The van der Waals surface area contributed by atoms with Gasteiger partial charge in [0, 0.05) is 18.8 Å². The maximum absolute atomic E-state index is 12.7. The molecule has 6 rings (SSSR count). The van der Waals surface area contributed by atoms with Crippen LogP contribution in [-0.4, -0.2) is 21.9 Å². The number of H-pyrrole nitrogens is 1. The van der Waals surface area contributed by atoms with Crippen molar-refractivity contribution in [3.8, 4) is 5.69 Å². The van der Waals surface area contributed by atoms with Crippen molar-refractivity contribution >= 4 is 12.1 Å². The van der Waals surface area contributed by atoms with E-state index in [1.165, 1.54) is 57.2 Å². The lowest BCUT2D eigenvalue weighted by molar-refractivity contribution is -0.115. The summed E-state index contributed by atoms with van der Waals surface area (Å²) in [6, 6.07) is 8.57. The van der Waals surface area contributed by atoms with Crippen molar-refractivity contribution in [3.63, 3.8) is 0 Å². The van der Waals surface area contributed by atoms with Crippen LogP contribution >= 0.6 is 0 Å². The molecule has 4 fully saturated rings. The zero-order valence-corrected chi connectivity index (χ0v) is 16.6. The fourth-order valence-electron chi connectivity index (χ4n) is 6.48. The molecule has 4 bridgehead atoms. The summed E-state index contributed by atoms with van der Waals surface area (Å²) in [7, 11) is 0. The van der Waals surface area contributed by atoms with E-state index in [-0.39, 0.29) is 11.5 Å². The molecule has 1 aromatic carbocycles. The van der Waals surface area contributed by atoms with Gasteiger partial charge in [-0.25, -0.2) is 9.67 Å². The molecule has 0 radical (unpaired) electrons. The van der Waals surface area contributed by atoms with Crippen molar-refractivity contribution in [2.24, 2.45) is 22.7 Å². The van der Waals surface area contributed by atoms with Gasteiger partial charge in [0.05, 0.1) is 11.3 Å². The van der Waals surface area contributed by atoms with Crippen molar-refractivity contribution in [2.75, 3.05) is 0 Å². The molecule has 28 heavy (non-hydrogen) atoms. The number of hydrogen-bond acceptors (Lipinski definition) is 2. The van der Waals surface area contributed by atoms with Crippen LogP contribution in [0.3, 0.4) is 0 Å². The summed E-state index contributed by atoms with van der Waals surface area (Å²) in [4.78, 5) is 27.6. The van der Waals surface area contributed by atoms with Gasteiger partial charge in [0.2, 0.25) is 5.91 Å². The number of amides is 1. The fraction of sp³-hybridized carbons (Fsp3) is 0.522. The van der Waals surface area contributed by atoms with Gasteiger partial charge in [0.25, 0.3) is 5.56 Å². The second-order valence-corrected chi connectivity index (χ2v) is 9.31. The topological polar surface area (TPSA) is 67.2 Å². The van der Waals surface area contributed by atoms with Gasteiger partial charge in [-0.3, -0.25) is 14.7 Å². The van der Waals surface area contributed by atoms with Gasteiger partial charge in [-0.05, 0) is 86.3 Å². The Balaban J connectivity index is 1.46. The molecule has 0 spiro atoms. The van der Waals surface area contributed by atoms with Crippen LogP contribution in [0, 0.1) is 24.7 Å². The number of hydrogen-bond donors (Lipinski definition) is 1. The molecule has 5 nitrogen and oxygen atoms in total. The van der Waals surface area contributed by atoms with E-state index in [9.17, 15) is 9.59 Å². The van der Waals surface area contributed by atoms with Gasteiger partial charge in [0.15, 0.2) is 0 Å². The number of carbonyl (C=O) groups is 1. The summed E-state index contributed by atoms with van der Waals surface area (Å²) in [5, 5.41) is 3.11. The van der Waals surface area contributed by atoms with Gasteiger partial charge >= 0.3 is 0 Å². The number of rotatable bonds is 3. The minimum atomic E-state index is -0.313. The van der Waals surface area contributed by atoms with Gasteiger partial charge in [-0.15, -0.1) is 0 Å². The predicted molar refractivity (Wildman–Crippen MR) is 109 cm³/mol. The molecule has 2 aromatic rings. The lowest BCUT2D eigenvalue weighted by Crippen LogP contribution is -2.48. The first-order chi connectivity index (χ1) is 13.4. The van der Waals surface area contributed by atoms with Crippen LogP contribution in [0.4, 0.5) is 0 Å². The molecule has 146 valence electrons. The molecule has 0 saturated heterocycles. The lowest BCUT2D eigenvalue weighted by Gasteiger charge is -2.57. The number of aromatic amines is 1. The second kappa shape index (κ2) is 6.29. The van der Waals surface area contributed by atoms with E-state index in [4.69, 9.17) is 0 Å². The lowest BCUT2D eigenvalue weighted by atomic mass is 9.48. The quantitative estimate of drug-likeness (QED) is 0.824. The maximum Gasteiger partial charge on any atom is 0.280 e. The van der Waals surface area contributed by atoms with E-state index in [0.717, 1.165) is 23.4 Å². The van der Waals surface area contributed by atoms with E-state index < -0.39 is 0 Å². The van der Waals surface area contributed by atoms with Gasteiger partial charge in [0.1, 0.15) is 0 Å². The zero-order valence-electron chi connectivity index (χ0n) is 16.6. The highest BCUT2D eigenvalue weighted by Crippen LogP contribution is 2.60. The van der Waals surface area contributed by atoms with Crippen LogP contribution in [0.2, 0.25) is 0 Å². The highest BCUT2D eigenvalue weighted by atomic mass is 16.1. The molecule has 1 N–H and O–H groups in total. The van der Waals surface area contributed by atoms with E-state index in [0.29, 0.717) is 16.7 Å². The third-order valence-corrected chi connectivity index (χ3v) is 7.27. The number of nitrogens with one attached hydrogen (secondary N) is 1. The highest BCUT2D eigenvalue weighted by molar-refractivity contribution is 5.91. The minimum Gasteiger partial charge on any atom is -0.295 e. The molecule has 0 aliphatic heterocycles. The Bertz CT molecular complexity index is 974. The molecule has 0 atom stereocenters. The van der Waals surface area contributed by atoms with Crippen LogP contribution < -0.4 is 5.56 Å². The van der Waals surface area contributed by atoms with Crippen molar-refractivity contribution in [3.05, 3.63) is 51.4 Å². The Morgan fingerprint density at radius 1 is 1.11 bits per heavy atom. The first-order valence-electron chi connectivity index (χ1n) is 10.4. The highest BCUT2D eigenvalue weighted by Gasteiger charge is 2.51. The molecule has 4 aliphatic carbocycles. The maximum atomic E-state index is 12.7. The monoisotopic (exact) mass is 377 g/mol. The molecule has 1 amide bonds. The molecule has 1 heterocycles. The first-order valence-corrected chi connectivity index (χ1v) is 10.4. The number of aromatic nitrogens is 2. The summed E-state index contributed by atoms with van der Waals surface area (Å²) in [5.74, 6) is 2.44. The van der Waals surface area contributed by atoms with Crippen molar-refractivity contribution in [1.29, 1.82) is 0 Å². The largest absolute Gasteiger partial charge is 0.295 e. The van der Waals surface area contributed by atoms with Crippen molar-refractivity contribution < 1.29 is 4.79 Å². The summed E-state index contributed by atoms with van der Waals surface area (Å²) in [6.45, 7) is 3.20. The Hall–Kier alpha value is -2.43. The smallest absolute Gasteiger partial charge is 0.280 e. The van der Waals surface area contributed by atoms with Crippen LogP contribution in [0.5, 0.6) is 0 Å². The Morgan fingerprint density at radius 2 is 1.68 bits per heavy atom. The second-order valence-electron chi connectivity index (χ2n) is 9.31. The normalized spacial score (nSPS) is 31.0. The van der Waals surface area contributed by atoms with Crippen LogP contribution in [-0.2, 0) is 10.2 Å². The average Bonchev–Trinajstić information content (AvgIpc) is 2.93. The Labute approximate surface area is 164 Å². The molecule has 5 heteroatoms. The first kappa shape index (κ1) is 17.7. The van der Waals surface area contributed by atoms with Crippen LogP contribution in [0.25, 0.3) is 5.69 Å². The standard InChI is InChI=1S/C23H27N3O2/c1-14-21(13-24-15(2)27)22(28)26(25-14)20-5-3-19(4-6-20)23-10-16-7-17(11-23)9-18(8-16)12-23/h3-6,13,16-18,25H,7-12H2,1-2H3. The number of nitrogens with zero attached hydrogens (tertiary/aromatic N) is 2. The average molecular weight is 377 g/mol. The number of aryl methyl sites for hydroxylation is 1. The number of benzene rings is 1. The summed E-state index contributed by atoms with van der Waals surface area (Å²) >= 11 is 0. The van der Waals surface area contributed by atoms with Crippen LogP contribution in [0.1, 0.15) is 62.3 Å². The van der Waals surface area contributed by atoms with E-state index in [1.807, 2.05) is 6.92 Å². The Morgan fingerprint density at radius 3 is 2.21 bits per heavy atom. The predicted octanol–water partition coefficient (Wildman–Crippen LogP) is 3.91. The third kappa shape index (κ3) is 2.79. The van der Waals surface area contributed by atoms with Gasteiger partial charge in [-0.2, -0.15) is 0 Å². The van der Waals surface area contributed by atoms with E-state index in [2.05, 4.69) is 34.4 Å². The van der Waals surface area contributed by atoms with Gasteiger partial charge in [-0.1, -0.05) is 12.1 Å². The Kier molecular flexibility index (Phi) is 3.97. The van der Waals surface area contributed by atoms with Gasteiger partial charge < -0.3 is 0 Å². The zero-order chi connectivity index (χ0) is 19.5. The number of carbonyl (C=O) groups excluding carboxylic acids is 1. The number of aliphatic imine (C=N–C) groups is 1. The fourth-order valence-corrected chi connectivity index (χ4v) is 6.48. The molecule has 0 unspecified atom stereocenters. The molecular formula is C23H27N3O2. The van der Waals surface area contributed by atoms with Crippen molar-refractivity contribution in [1.82, 2.24) is 9.78 Å². The molecule has 4 saturated carbocycles. The summed E-state index contributed by atoms with van der Waals surface area (Å²) in [5.41, 5.74) is 3.60. The third-order valence-electron chi connectivity index (χ3n) is 7.27. The van der Waals surface area contributed by atoms with Crippen LogP contribution in [0.15, 0.2) is 34.1 Å². The minimum absolute atomic E-state index is 0.176. The van der Waals surface area contributed by atoms with E-state index in [1.54, 1.807) is 4.68 Å². The van der Waals surface area contributed by atoms with E-state index >= 15 is 0 Å². The molecular weight excluding hydrogens is 350 g/mol. The van der Waals surface area contributed by atoms with Crippen molar-refractivity contribution in [2.45, 2.75) is 57.8 Å².